The molecule has 0 aliphatic rings. The number of ether oxygens (including phenoxy) is 1. The number of carbonyl (C=O) groups excluding carboxylic acids is 1. The van der Waals surface area contributed by atoms with Crippen molar-refractivity contribution in [3.05, 3.63) is 29.6 Å². The van der Waals surface area contributed by atoms with Gasteiger partial charge >= 0.3 is 0 Å². The Morgan fingerprint density at radius 1 is 1.53 bits per heavy atom. The van der Waals surface area contributed by atoms with E-state index in [4.69, 9.17) is 10.5 Å². The zero-order chi connectivity index (χ0) is 14.4. The Labute approximate surface area is 113 Å². The van der Waals surface area contributed by atoms with Gasteiger partial charge in [-0.05, 0) is 31.5 Å². The highest BCUT2D eigenvalue weighted by atomic mass is 19.1. The molecule has 0 saturated carbocycles. The molecule has 0 saturated heterocycles. The van der Waals surface area contributed by atoms with Gasteiger partial charge in [0.2, 0.25) is 0 Å². The highest BCUT2D eigenvalue weighted by molar-refractivity contribution is 5.95. The Hall–Kier alpha value is -1.62. The monoisotopic (exact) mass is 268 g/mol. The third kappa shape index (κ3) is 3.92. The van der Waals surface area contributed by atoms with Crippen LogP contribution in [0.15, 0.2) is 18.2 Å². The van der Waals surface area contributed by atoms with Crippen molar-refractivity contribution in [1.29, 1.82) is 0 Å². The lowest BCUT2D eigenvalue weighted by Crippen LogP contribution is -2.40. The van der Waals surface area contributed by atoms with Gasteiger partial charge in [-0.3, -0.25) is 4.79 Å². The molecule has 0 bridgehead atoms. The first-order chi connectivity index (χ1) is 9.01. The summed E-state index contributed by atoms with van der Waals surface area (Å²) in [6.45, 7) is 4.75. The average Bonchev–Trinajstić information content (AvgIpc) is 2.41. The normalized spacial score (nSPS) is 12.2. The highest BCUT2D eigenvalue weighted by Crippen LogP contribution is 2.16. The summed E-state index contributed by atoms with van der Waals surface area (Å²) in [6, 6.07) is 4.05. The second kappa shape index (κ2) is 7.09. The van der Waals surface area contributed by atoms with Crippen LogP contribution in [0.1, 0.15) is 30.6 Å². The summed E-state index contributed by atoms with van der Waals surface area (Å²) in [5, 5.41) is 0. The molecular formula is C14H21FN2O2. The van der Waals surface area contributed by atoms with Gasteiger partial charge in [0.15, 0.2) is 0 Å². The minimum atomic E-state index is -0.551. The lowest BCUT2D eigenvalue weighted by atomic mass is 10.1. The van der Waals surface area contributed by atoms with Crippen LogP contribution in [-0.2, 0) is 4.74 Å². The van der Waals surface area contributed by atoms with E-state index in [1.54, 1.807) is 12.0 Å². The number of hydrogen-bond donors (Lipinski definition) is 1. The lowest BCUT2D eigenvalue weighted by molar-refractivity contribution is 0.0609. The van der Waals surface area contributed by atoms with Crippen LogP contribution >= 0.6 is 0 Å². The number of nitrogens with two attached hydrogens (primary N) is 1. The average molecular weight is 268 g/mol. The summed E-state index contributed by atoms with van der Waals surface area (Å²) in [5.41, 5.74) is 6.00. The summed E-state index contributed by atoms with van der Waals surface area (Å²) in [5.74, 6) is -0.902. The molecule has 0 radical (unpaired) electrons. The summed E-state index contributed by atoms with van der Waals surface area (Å²) < 4.78 is 18.7. The van der Waals surface area contributed by atoms with E-state index in [2.05, 4.69) is 0 Å². The van der Waals surface area contributed by atoms with Crippen molar-refractivity contribution in [2.75, 3.05) is 26.0 Å². The first kappa shape index (κ1) is 15.4. The number of halogens is 1. The molecule has 2 N–H and O–H groups in total. The molecule has 4 nitrogen and oxygen atoms in total. The quantitative estimate of drug-likeness (QED) is 0.805. The van der Waals surface area contributed by atoms with Crippen molar-refractivity contribution in [3.8, 4) is 0 Å². The third-order valence-electron chi connectivity index (χ3n) is 3.14. The van der Waals surface area contributed by atoms with E-state index in [1.165, 1.54) is 18.2 Å². The Morgan fingerprint density at radius 2 is 2.21 bits per heavy atom. The van der Waals surface area contributed by atoms with Gasteiger partial charge in [0.05, 0.1) is 12.2 Å². The maximum absolute atomic E-state index is 13.7. The molecule has 0 fully saturated rings. The summed E-state index contributed by atoms with van der Waals surface area (Å²) >= 11 is 0. The summed E-state index contributed by atoms with van der Waals surface area (Å²) in [7, 11) is 1.57. The maximum Gasteiger partial charge on any atom is 0.257 e. The molecule has 0 aliphatic heterocycles. The van der Waals surface area contributed by atoms with Crippen molar-refractivity contribution >= 4 is 11.6 Å². The van der Waals surface area contributed by atoms with Gasteiger partial charge in [0.25, 0.3) is 5.91 Å². The molecule has 0 spiro atoms. The standard InChI is InChI=1S/C14H21FN2O2/c1-4-10(2)17(7-8-19-3)14(18)12-9-11(16)5-6-13(12)15/h5-6,9-10H,4,7-8,16H2,1-3H3. The minimum absolute atomic E-state index is 0.0106. The number of benzene rings is 1. The molecule has 0 heterocycles. The number of carbonyl (C=O) groups is 1. The van der Waals surface area contributed by atoms with Gasteiger partial charge in [0.1, 0.15) is 5.82 Å². The van der Waals surface area contributed by atoms with Crippen molar-refractivity contribution in [2.24, 2.45) is 0 Å². The van der Waals surface area contributed by atoms with E-state index >= 15 is 0 Å². The number of amides is 1. The lowest BCUT2D eigenvalue weighted by Gasteiger charge is -2.28. The molecule has 1 amide bonds. The highest BCUT2D eigenvalue weighted by Gasteiger charge is 2.22. The molecule has 106 valence electrons. The smallest absolute Gasteiger partial charge is 0.257 e. The second-order valence-electron chi connectivity index (χ2n) is 4.49. The Balaban J connectivity index is 3.00. The predicted octanol–water partition coefficient (Wildman–Crippen LogP) is 2.29. The van der Waals surface area contributed by atoms with E-state index in [0.717, 1.165) is 6.42 Å². The summed E-state index contributed by atoms with van der Waals surface area (Å²) in [6.07, 6.45) is 0.791. The first-order valence-electron chi connectivity index (χ1n) is 6.36. The number of rotatable bonds is 6. The minimum Gasteiger partial charge on any atom is -0.399 e. The van der Waals surface area contributed by atoms with Crippen LogP contribution in [0.5, 0.6) is 0 Å². The van der Waals surface area contributed by atoms with Gasteiger partial charge in [-0.25, -0.2) is 4.39 Å². The Morgan fingerprint density at radius 3 is 2.79 bits per heavy atom. The fourth-order valence-electron chi connectivity index (χ4n) is 1.79. The van der Waals surface area contributed by atoms with Crippen LogP contribution in [0, 0.1) is 5.82 Å². The number of nitrogens with zero attached hydrogens (tertiary/aromatic N) is 1. The van der Waals surface area contributed by atoms with Crippen LogP contribution in [0.3, 0.4) is 0 Å². The number of methoxy groups -OCH3 is 1. The molecule has 1 aromatic rings. The van der Waals surface area contributed by atoms with Gasteiger partial charge < -0.3 is 15.4 Å². The molecule has 0 aromatic heterocycles. The Bertz CT molecular complexity index is 437. The van der Waals surface area contributed by atoms with Gasteiger partial charge in [-0.15, -0.1) is 0 Å². The van der Waals surface area contributed by atoms with Crippen LogP contribution in [0.4, 0.5) is 10.1 Å². The fourth-order valence-corrected chi connectivity index (χ4v) is 1.79. The molecular weight excluding hydrogens is 247 g/mol. The maximum atomic E-state index is 13.7. The third-order valence-corrected chi connectivity index (χ3v) is 3.14. The van der Waals surface area contributed by atoms with E-state index in [1.807, 2.05) is 13.8 Å². The first-order valence-corrected chi connectivity index (χ1v) is 6.36. The van der Waals surface area contributed by atoms with Crippen molar-refractivity contribution in [3.63, 3.8) is 0 Å². The fraction of sp³-hybridized carbons (Fsp3) is 0.500. The van der Waals surface area contributed by atoms with E-state index in [9.17, 15) is 9.18 Å². The van der Waals surface area contributed by atoms with Gasteiger partial charge in [0, 0.05) is 25.4 Å². The molecule has 1 atom stereocenters. The second-order valence-corrected chi connectivity index (χ2v) is 4.49. The van der Waals surface area contributed by atoms with Crippen LogP contribution in [-0.4, -0.2) is 37.1 Å². The van der Waals surface area contributed by atoms with Crippen molar-refractivity contribution in [1.82, 2.24) is 4.90 Å². The van der Waals surface area contributed by atoms with Crippen LogP contribution in [0.25, 0.3) is 0 Å². The molecule has 1 rings (SSSR count). The molecule has 0 aliphatic carbocycles. The van der Waals surface area contributed by atoms with E-state index in [-0.39, 0.29) is 17.5 Å². The SMILES string of the molecule is CCC(C)N(CCOC)C(=O)c1cc(N)ccc1F. The van der Waals surface area contributed by atoms with Crippen molar-refractivity contribution < 1.29 is 13.9 Å². The largest absolute Gasteiger partial charge is 0.399 e. The van der Waals surface area contributed by atoms with Gasteiger partial charge in [-0.1, -0.05) is 6.92 Å². The molecule has 19 heavy (non-hydrogen) atoms. The molecule has 1 unspecified atom stereocenters. The van der Waals surface area contributed by atoms with E-state index in [0.29, 0.717) is 18.8 Å². The topological polar surface area (TPSA) is 55.6 Å². The summed E-state index contributed by atoms with van der Waals surface area (Å²) in [4.78, 5) is 14.0. The van der Waals surface area contributed by atoms with E-state index < -0.39 is 5.82 Å². The molecule has 1 aromatic carbocycles. The van der Waals surface area contributed by atoms with Gasteiger partial charge in [-0.2, -0.15) is 0 Å². The van der Waals surface area contributed by atoms with Crippen molar-refractivity contribution in [2.45, 2.75) is 26.3 Å². The predicted molar refractivity (Wildman–Crippen MR) is 73.5 cm³/mol. The number of hydrogen-bond acceptors (Lipinski definition) is 3. The number of nitrogen functional groups attached to an aromatic ring is 1. The van der Waals surface area contributed by atoms with Crippen LogP contribution in [0.2, 0.25) is 0 Å². The van der Waals surface area contributed by atoms with Crippen LogP contribution < -0.4 is 5.73 Å². The zero-order valence-electron chi connectivity index (χ0n) is 11.6. The molecule has 5 heteroatoms. The Kier molecular flexibility index (Phi) is 5.76. The zero-order valence-corrected chi connectivity index (χ0v) is 11.6. The number of anilines is 1.